The maximum Gasteiger partial charge on any atom is 0.255 e. The molecule has 5 aliphatic heterocycles. The molecule has 1 aliphatic carbocycles. The van der Waals surface area contributed by atoms with Crippen molar-refractivity contribution in [3.63, 3.8) is 0 Å². The molecule has 3 saturated heterocycles. The fraction of sp³-hybridized carbons (Fsp3) is 0.391. The number of hydrogen-bond donors (Lipinski definition) is 2. The van der Waals surface area contributed by atoms with Crippen molar-refractivity contribution in [1.29, 1.82) is 0 Å². The van der Waals surface area contributed by atoms with Gasteiger partial charge in [-0.1, -0.05) is 54.6 Å². The van der Waals surface area contributed by atoms with Crippen molar-refractivity contribution < 1.29 is 24.3 Å². The van der Waals surface area contributed by atoms with E-state index < -0.39 is 11.9 Å². The summed E-state index contributed by atoms with van der Waals surface area (Å²) in [7, 11) is 0. The molecule has 286 valence electrons. The number of fused-ring (bicyclic) bond motifs is 3. The standard InChI is InChI=1S/C46H47N5O5/c52-36-11-13-38-31(21-36)8-12-37(29-4-2-1-3-5-29)43(38)30-6-9-35(10-7-30)50-27-46(28-50)16-18-49(19-17-46)42(54)26-48-23-32-20-34-25-51(40-14-15-41(53)47-44(40)55)45(56)39(34)22-33(32)24-48/h1-7,9-11,13,20-22,37,40,43,52H,8,12,14-19,23-28H2,(H,47,53,55)/t37-,40?,43+/m1/s1. The molecule has 3 fully saturated rings. The van der Waals surface area contributed by atoms with Gasteiger partial charge in [-0.3, -0.25) is 29.4 Å². The van der Waals surface area contributed by atoms with E-state index in [2.05, 4.69) is 81.8 Å². The number of amides is 4. The van der Waals surface area contributed by atoms with Crippen LogP contribution in [0.25, 0.3) is 0 Å². The predicted octanol–water partition coefficient (Wildman–Crippen LogP) is 5.46. The molecule has 2 N–H and O–H groups in total. The number of carbonyl (C=O) groups is 4. The Bertz CT molecular complexity index is 2240. The van der Waals surface area contributed by atoms with Crippen LogP contribution in [0.2, 0.25) is 0 Å². The summed E-state index contributed by atoms with van der Waals surface area (Å²) in [6.07, 6.45) is 4.62. The highest BCUT2D eigenvalue weighted by Gasteiger charge is 2.46. The molecule has 10 heteroatoms. The second kappa shape index (κ2) is 13.6. The van der Waals surface area contributed by atoms with Gasteiger partial charge in [-0.15, -0.1) is 0 Å². The molecule has 4 aromatic rings. The van der Waals surface area contributed by atoms with Crippen molar-refractivity contribution in [2.45, 2.75) is 76.0 Å². The van der Waals surface area contributed by atoms with Crippen molar-refractivity contribution in [2.75, 3.05) is 37.6 Å². The summed E-state index contributed by atoms with van der Waals surface area (Å²) in [4.78, 5) is 59.2. The Morgan fingerprint density at radius 1 is 0.768 bits per heavy atom. The molecule has 3 atom stereocenters. The molecule has 0 saturated carbocycles. The quantitative estimate of drug-likeness (QED) is 0.252. The van der Waals surface area contributed by atoms with Crippen LogP contribution in [-0.4, -0.2) is 82.2 Å². The van der Waals surface area contributed by atoms with E-state index in [0.717, 1.165) is 68.6 Å². The lowest BCUT2D eigenvalue weighted by Gasteiger charge is -2.55. The summed E-state index contributed by atoms with van der Waals surface area (Å²) in [5.41, 5.74) is 10.5. The maximum absolute atomic E-state index is 13.5. The predicted molar refractivity (Wildman–Crippen MR) is 211 cm³/mol. The first-order valence-electron chi connectivity index (χ1n) is 20.2. The monoisotopic (exact) mass is 749 g/mol. The highest BCUT2D eigenvalue weighted by molar-refractivity contribution is 6.05. The van der Waals surface area contributed by atoms with Crippen LogP contribution in [0.3, 0.4) is 0 Å². The molecule has 5 heterocycles. The molecule has 0 radical (unpaired) electrons. The zero-order chi connectivity index (χ0) is 38.1. The third-order valence-corrected chi connectivity index (χ3v) is 13.7. The first-order valence-corrected chi connectivity index (χ1v) is 20.2. The van der Waals surface area contributed by atoms with Gasteiger partial charge in [-0.25, -0.2) is 0 Å². The number of benzene rings is 4. The molecule has 4 amide bonds. The summed E-state index contributed by atoms with van der Waals surface area (Å²) in [6, 6.07) is 29.3. The maximum atomic E-state index is 13.5. The molecule has 0 aromatic heterocycles. The van der Waals surface area contributed by atoms with E-state index in [9.17, 15) is 24.3 Å². The lowest BCUT2D eigenvalue weighted by molar-refractivity contribution is -0.137. The highest BCUT2D eigenvalue weighted by atomic mass is 16.3. The minimum Gasteiger partial charge on any atom is -0.508 e. The number of anilines is 1. The van der Waals surface area contributed by atoms with E-state index in [-0.39, 0.29) is 35.5 Å². The van der Waals surface area contributed by atoms with E-state index in [1.54, 1.807) is 4.90 Å². The zero-order valence-corrected chi connectivity index (χ0v) is 31.6. The van der Waals surface area contributed by atoms with E-state index in [4.69, 9.17) is 0 Å². The second-order valence-electron chi connectivity index (χ2n) is 17.1. The number of phenols is 1. The Labute approximate surface area is 327 Å². The van der Waals surface area contributed by atoms with Crippen molar-refractivity contribution in [2.24, 2.45) is 5.41 Å². The Hall–Kier alpha value is -5.48. The Morgan fingerprint density at radius 3 is 2.27 bits per heavy atom. The largest absolute Gasteiger partial charge is 0.508 e. The van der Waals surface area contributed by atoms with Crippen molar-refractivity contribution >= 4 is 29.3 Å². The Morgan fingerprint density at radius 2 is 1.52 bits per heavy atom. The summed E-state index contributed by atoms with van der Waals surface area (Å²) >= 11 is 0. The third kappa shape index (κ3) is 6.15. The number of carbonyl (C=O) groups excluding carboxylic acids is 4. The fourth-order valence-corrected chi connectivity index (χ4v) is 10.6. The van der Waals surface area contributed by atoms with Crippen LogP contribution in [-0.2, 0) is 40.4 Å². The fourth-order valence-electron chi connectivity index (χ4n) is 10.6. The first-order chi connectivity index (χ1) is 27.2. The Balaban J connectivity index is 0.732. The molecule has 10 nitrogen and oxygen atoms in total. The van der Waals surface area contributed by atoms with Gasteiger partial charge in [0.2, 0.25) is 17.7 Å². The highest BCUT2D eigenvalue weighted by Crippen LogP contribution is 2.48. The van der Waals surface area contributed by atoms with Gasteiger partial charge in [-0.05, 0) is 107 Å². The number of nitrogens with one attached hydrogen (secondary N) is 1. The van der Waals surface area contributed by atoms with Gasteiger partial charge in [0.25, 0.3) is 5.91 Å². The van der Waals surface area contributed by atoms with Crippen molar-refractivity contribution in [3.05, 3.63) is 129 Å². The molecule has 56 heavy (non-hydrogen) atoms. The number of aromatic hydroxyl groups is 1. The van der Waals surface area contributed by atoms with Crippen LogP contribution in [0, 0.1) is 5.41 Å². The number of phenolic OH excluding ortho intramolecular Hbond substituents is 1. The van der Waals surface area contributed by atoms with Crippen LogP contribution in [0.5, 0.6) is 5.75 Å². The van der Waals surface area contributed by atoms with Gasteiger partial charge in [0.05, 0.1) is 6.54 Å². The van der Waals surface area contributed by atoms with Crippen LogP contribution in [0.15, 0.2) is 84.9 Å². The number of piperidine rings is 2. The summed E-state index contributed by atoms with van der Waals surface area (Å²) < 4.78 is 0. The molecule has 1 spiro atoms. The minimum atomic E-state index is -0.619. The molecule has 0 bridgehead atoms. The number of likely N-dealkylation sites (tertiary alicyclic amines) is 1. The molecule has 6 aliphatic rings. The van der Waals surface area contributed by atoms with Crippen LogP contribution in [0.4, 0.5) is 5.69 Å². The summed E-state index contributed by atoms with van der Waals surface area (Å²) in [5, 5.41) is 12.6. The summed E-state index contributed by atoms with van der Waals surface area (Å²) in [6.45, 7) is 5.59. The minimum absolute atomic E-state index is 0.161. The van der Waals surface area contributed by atoms with Gasteiger partial charge < -0.3 is 19.8 Å². The van der Waals surface area contributed by atoms with E-state index >= 15 is 0 Å². The third-order valence-electron chi connectivity index (χ3n) is 13.7. The van der Waals surface area contributed by atoms with Crippen LogP contribution in [0.1, 0.15) is 93.2 Å². The lowest BCUT2D eigenvalue weighted by atomic mass is 9.69. The van der Waals surface area contributed by atoms with Gasteiger partial charge >= 0.3 is 0 Å². The number of imide groups is 1. The smallest absolute Gasteiger partial charge is 0.255 e. The number of nitrogens with zero attached hydrogens (tertiary/aromatic N) is 4. The van der Waals surface area contributed by atoms with Gasteiger partial charge in [0.15, 0.2) is 0 Å². The number of aryl methyl sites for hydroxylation is 1. The molecule has 4 aromatic carbocycles. The van der Waals surface area contributed by atoms with Gasteiger partial charge in [0, 0.05) is 74.8 Å². The van der Waals surface area contributed by atoms with E-state index in [1.807, 2.05) is 23.1 Å². The second-order valence-corrected chi connectivity index (χ2v) is 17.1. The lowest BCUT2D eigenvalue weighted by Crippen LogP contribution is -2.61. The zero-order valence-electron chi connectivity index (χ0n) is 31.6. The number of rotatable bonds is 6. The molecule has 1 unspecified atom stereocenters. The van der Waals surface area contributed by atoms with E-state index in [0.29, 0.717) is 49.8 Å². The Kier molecular flexibility index (Phi) is 8.50. The van der Waals surface area contributed by atoms with Gasteiger partial charge in [0.1, 0.15) is 11.8 Å². The van der Waals surface area contributed by atoms with Crippen molar-refractivity contribution in [1.82, 2.24) is 20.0 Å². The normalized spacial score (nSPS) is 24.1. The van der Waals surface area contributed by atoms with E-state index in [1.165, 1.54) is 27.9 Å². The number of hydrogen-bond acceptors (Lipinski definition) is 7. The average Bonchev–Trinajstić information content (AvgIpc) is 3.74. The van der Waals surface area contributed by atoms with Gasteiger partial charge in [-0.2, -0.15) is 0 Å². The SMILES string of the molecule is O=C1CCC(N2Cc3cc4c(cc3C2=O)CN(CC(=O)N2CCC3(CC2)CN(c2ccc([C@@H]5c6ccc(O)cc6CC[C@@H]5c5ccccc5)cc2)C3)C4)C(=O)N1. The van der Waals surface area contributed by atoms with Crippen LogP contribution < -0.4 is 10.2 Å². The topological polar surface area (TPSA) is 114 Å². The average molecular weight is 750 g/mol. The molecular weight excluding hydrogens is 703 g/mol. The van der Waals surface area contributed by atoms with Crippen LogP contribution >= 0.6 is 0 Å². The first kappa shape index (κ1) is 35.0. The van der Waals surface area contributed by atoms with Crippen molar-refractivity contribution in [3.8, 4) is 5.75 Å². The summed E-state index contributed by atoms with van der Waals surface area (Å²) in [5.74, 6) is 0.270. The molecule has 10 rings (SSSR count). The molecular formula is C46H47N5O5.